The van der Waals surface area contributed by atoms with E-state index >= 15 is 0 Å². The van der Waals surface area contributed by atoms with Crippen molar-refractivity contribution in [1.82, 2.24) is 14.5 Å². The van der Waals surface area contributed by atoms with E-state index in [0.717, 1.165) is 30.6 Å². The molecule has 0 saturated carbocycles. The van der Waals surface area contributed by atoms with E-state index in [1.165, 1.54) is 0 Å². The lowest BCUT2D eigenvalue weighted by atomic mass is 10.0. The highest BCUT2D eigenvalue weighted by molar-refractivity contribution is 6.29. The molecule has 0 bridgehead atoms. The quantitative estimate of drug-likeness (QED) is 0.798. The van der Waals surface area contributed by atoms with Crippen LogP contribution in [0.25, 0.3) is 5.69 Å². The fraction of sp³-hybridized carbons (Fsp3) is 0.333. The Morgan fingerprint density at radius 3 is 2.95 bits per heavy atom. The topological polar surface area (TPSA) is 38.1 Å². The molecule has 0 amide bonds. The van der Waals surface area contributed by atoms with E-state index in [1.807, 2.05) is 6.07 Å². The molecule has 0 aliphatic carbocycles. The minimum Gasteiger partial charge on any atom is -0.299 e. The number of nitrogens with zero attached hydrogens (tertiary/aromatic N) is 3. The maximum atomic E-state index is 12.1. The lowest BCUT2D eigenvalue weighted by molar-refractivity contribution is 0.316. The summed E-state index contributed by atoms with van der Waals surface area (Å²) in [5.74, 6) is 0. The Morgan fingerprint density at radius 2 is 2.25 bits per heavy atom. The number of halogens is 1. The first kappa shape index (κ1) is 13.3. The van der Waals surface area contributed by atoms with Crippen LogP contribution in [0.15, 0.2) is 41.5 Å². The number of rotatable bonds is 2. The maximum absolute atomic E-state index is 12.1. The summed E-state index contributed by atoms with van der Waals surface area (Å²) in [5, 5.41) is 0.403. The molecule has 0 spiro atoms. The average molecular weight is 290 g/mol. The van der Waals surface area contributed by atoms with Gasteiger partial charge in [-0.2, -0.15) is 0 Å². The fourth-order valence-corrected chi connectivity index (χ4v) is 2.98. The van der Waals surface area contributed by atoms with E-state index in [9.17, 15) is 4.79 Å². The Balaban J connectivity index is 2.17. The molecule has 2 aromatic rings. The van der Waals surface area contributed by atoms with E-state index in [-0.39, 0.29) is 5.56 Å². The van der Waals surface area contributed by atoms with Gasteiger partial charge in [-0.3, -0.25) is 14.3 Å². The van der Waals surface area contributed by atoms with E-state index < -0.39 is 0 Å². The first-order valence-electron chi connectivity index (χ1n) is 6.70. The zero-order chi connectivity index (χ0) is 14.1. The summed E-state index contributed by atoms with van der Waals surface area (Å²) in [6, 6.07) is 7.20. The highest BCUT2D eigenvalue weighted by atomic mass is 35.5. The number of hydrogen-bond donors (Lipinski definition) is 0. The Hall–Kier alpha value is -1.65. The van der Waals surface area contributed by atoms with Crippen molar-refractivity contribution < 1.29 is 0 Å². The van der Waals surface area contributed by atoms with Gasteiger partial charge in [0.25, 0.3) is 5.56 Å². The second-order valence-corrected chi connectivity index (χ2v) is 5.50. The molecule has 0 radical (unpaired) electrons. The first-order valence-corrected chi connectivity index (χ1v) is 7.08. The lowest BCUT2D eigenvalue weighted by Gasteiger charge is -2.22. The van der Waals surface area contributed by atoms with Crippen LogP contribution >= 0.6 is 11.6 Å². The molecule has 1 saturated heterocycles. The number of aromatic nitrogens is 2. The van der Waals surface area contributed by atoms with Crippen LogP contribution in [0, 0.1) is 0 Å². The van der Waals surface area contributed by atoms with Gasteiger partial charge in [-0.1, -0.05) is 17.7 Å². The lowest BCUT2D eigenvalue weighted by Crippen LogP contribution is -2.22. The van der Waals surface area contributed by atoms with E-state index in [4.69, 9.17) is 11.6 Å². The zero-order valence-corrected chi connectivity index (χ0v) is 12.0. The van der Waals surface area contributed by atoms with E-state index in [1.54, 1.807) is 35.2 Å². The molecule has 1 unspecified atom stereocenters. The Kier molecular flexibility index (Phi) is 3.59. The van der Waals surface area contributed by atoms with Crippen LogP contribution in [0.4, 0.5) is 0 Å². The van der Waals surface area contributed by atoms with Crippen LogP contribution in [-0.2, 0) is 0 Å². The van der Waals surface area contributed by atoms with Crippen LogP contribution in [0.1, 0.15) is 24.4 Å². The highest BCUT2D eigenvalue weighted by Gasteiger charge is 2.26. The Labute approximate surface area is 122 Å². The molecule has 104 valence electrons. The molecule has 3 heterocycles. The standard InChI is InChI=1S/C15H16ClN3O/c1-18-7-4-5-12(18)11-10-17-14(16)9-13(11)19-8-3-2-6-15(19)20/h2-3,6,8-10,12H,4-5,7H2,1H3. The van der Waals surface area contributed by atoms with Crippen LogP contribution in [0.5, 0.6) is 0 Å². The predicted octanol–water partition coefficient (Wildman–Crippen LogP) is 2.65. The van der Waals surface area contributed by atoms with Gasteiger partial charge < -0.3 is 0 Å². The molecule has 20 heavy (non-hydrogen) atoms. The van der Waals surface area contributed by atoms with Crippen molar-refractivity contribution >= 4 is 11.6 Å². The van der Waals surface area contributed by atoms with Gasteiger partial charge in [0.1, 0.15) is 5.15 Å². The van der Waals surface area contributed by atoms with Crippen LogP contribution in [0.2, 0.25) is 5.15 Å². The van der Waals surface area contributed by atoms with Crippen molar-refractivity contribution in [3.63, 3.8) is 0 Å². The summed E-state index contributed by atoms with van der Waals surface area (Å²) in [5.41, 5.74) is 1.83. The molecule has 3 rings (SSSR count). The Morgan fingerprint density at radius 1 is 1.40 bits per heavy atom. The van der Waals surface area contributed by atoms with Crippen LogP contribution < -0.4 is 5.56 Å². The molecule has 1 atom stereocenters. The average Bonchev–Trinajstić information content (AvgIpc) is 2.85. The third-order valence-electron chi connectivity index (χ3n) is 3.84. The highest BCUT2D eigenvalue weighted by Crippen LogP contribution is 2.33. The van der Waals surface area contributed by atoms with Crippen LogP contribution in [-0.4, -0.2) is 28.0 Å². The van der Waals surface area contributed by atoms with Crippen molar-refractivity contribution in [2.75, 3.05) is 13.6 Å². The normalized spacial score (nSPS) is 19.4. The minimum absolute atomic E-state index is 0.0586. The van der Waals surface area contributed by atoms with Crippen molar-refractivity contribution in [2.24, 2.45) is 0 Å². The summed E-state index contributed by atoms with van der Waals surface area (Å²) in [6.07, 6.45) is 5.80. The summed E-state index contributed by atoms with van der Waals surface area (Å²) in [4.78, 5) is 18.6. The van der Waals surface area contributed by atoms with Gasteiger partial charge in [0.15, 0.2) is 0 Å². The molecule has 2 aromatic heterocycles. The number of pyridine rings is 2. The first-order chi connectivity index (χ1) is 9.66. The molecular weight excluding hydrogens is 274 g/mol. The summed E-state index contributed by atoms with van der Waals surface area (Å²) < 4.78 is 1.63. The van der Waals surface area contributed by atoms with Crippen molar-refractivity contribution in [3.05, 3.63) is 57.7 Å². The van der Waals surface area contributed by atoms with Gasteiger partial charge >= 0.3 is 0 Å². The van der Waals surface area contributed by atoms with Gasteiger partial charge in [-0.15, -0.1) is 0 Å². The molecule has 4 nitrogen and oxygen atoms in total. The van der Waals surface area contributed by atoms with Gasteiger partial charge in [0.2, 0.25) is 0 Å². The third kappa shape index (κ3) is 2.37. The number of hydrogen-bond acceptors (Lipinski definition) is 3. The van der Waals surface area contributed by atoms with E-state index in [2.05, 4.69) is 16.9 Å². The molecule has 5 heteroatoms. The smallest absolute Gasteiger partial charge is 0.255 e. The molecule has 1 aliphatic heterocycles. The second kappa shape index (κ2) is 5.38. The molecule has 1 aliphatic rings. The number of likely N-dealkylation sites (tertiary alicyclic amines) is 1. The molecule has 1 fully saturated rings. The molecule has 0 N–H and O–H groups in total. The van der Waals surface area contributed by atoms with Crippen LogP contribution in [0.3, 0.4) is 0 Å². The zero-order valence-electron chi connectivity index (χ0n) is 11.3. The predicted molar refractivity (Wildman–Crippen MR) is 79.4 cm³/mol. The molecule has 0 aromatic carbocycles. The second-order valence-electron chi connectivity index (χ2n) is 5.11. The van der Waals surface area contributed by atoms with Crippen molar-refractivity contribution in [2.45, 2.75) is 18.9 Å². The summed E-state index contributed by atoms with van der Waals surface area (Å²) in [7, 11) is 2.10. The Bertz CT molecular complexity index is 683. The SMILES string of the molecule is CN1CCCC1c1cnc(Cl)cc1-n1ccccc1=O. The van der Waals surface area contributed by atoms with Gasteiger partial charge in [0.05, 0.1) is 5.69 Å². The largest absolute Gasteiger partial charge is 0.299 e. The fourth-order valence-electron chi connectivity index (χ4n) is 2.83. The summed E-state index contributed by atoms with van der Waals surface area (Å²) in [6.45, 7) is 1.07. The summed E-state index contributed by atoms with van der Waals surface area (Å²) >= 11 is 6.02. The maximum Gasteiger partial charge on any atom is 0.255 e. The third-order valence-corrected chi connectivity index (χ3v) is 4.05. The van der Waals surface area contributed by atoms with Crippen molar-refractivity contribution in [1.29, 1.82) is 0 Å². The van der Waals surface area contributed by atoms with E-state index in [0.29, 0.717) is 11.2 Å². The van der Waals surface area contributed by atoms with Crippen molar-refractivity contribution in [3.8, 4) is 5.69 Å². The van der Waals surface area contributed by atoms with Gasteiger partial charge in [-0.25, -0.2) is 4.98 Å². The monoisotopic (exact) mass is 289 g/mol. The van der Waals surface area contributed by atoms with Gasteiger partial charge in [0, 0.05) is 30.1 Å². The minimum atomic E-state index is -0.0586. The molecular formula is C15H16ClN3O. The van der Waals surface area contributed by atoms with Gasteiger partial charge in [-0.05, 0) is 38.6 Å².